The third-order valence-electron chi connectivity index (χ3n) is 4.97. The van der Waals surface area contributed by atoms with Gasteiger partial charge >= 0.3 is 0 Å². The number of hydrogen-bond acceptors (Lipinski definition) is 2. The van der Waals surface area contributed by atoms with Gasteiger partial charge in [0.25, 0.3) is 0 Å². The number of amides is 1. The SMILES string of the molecule is COC(c1ccccc1)C1CCN(C(=O)Cc2ccc(Cl)cc2)CC1. The van der Waals surface area contributed by atoms with E-state index < -0.39 is 0 Å². The molecule has 25 heavy (non-hydrogen) atoms. The normalized spacial score (nSPS) is 16.6. The molecule has 2 aromatic carbocycles. The van der Waals surface area contributed by atoms with E-state index >= 15 is 0 Å². The molecule has 1 fully saturated rings. The fourth-order valence-electron chi connectivity index (χ4n) is 3.58. The average Bonchev–Trinajstić information content (AvgIpc) is 2.66. The van der Waals surface area contributed by atoms with Crippen LogP contribution in [0.4, 0.5) is 0 Å². The number of halogens is 1. The molecular weight excluding hydrogens is 334 g/mol. The summed E-state index contributed by atoms with van der Waals surface area (Å²) >= 11 is 5.90. The summed E-state index contributed by atoms with van der Waals surface area (Å²) in [5.74, 6) is 0.640. The lowest BCUT2D eigenvalue weighted by molar-refractivity contribution is -0.132. The number of carbonyl (C=O) groups excluding carboxylic acids is 1. The molecule has 1 aliphatic rings. The van der Waals surface area contributed by atoms with Gasteiger partial charge < -0.3 is 9.64 Å². The van der Waals surface area contributed by atoms with Crippen LogP contribution in [0.5, 0.6) is 0 Å². The molecule has 0 aliphatic carbocycles. The Bertz CT molecular complexity index is 679. The summed E-state index contributed by atoms with van der Waals surface area (Å²) in [4.78, 5) is 14.5. The molecule has 0 bridgehead atoms. The number of piperidine rings is 1. The summed E-state index contributed by atoms with van der Waals surface area (Å²) in [6, 6.07) is 17.9. The summed E-state index contributed by atoms with van der Waals surface area (Å²) in [5, 5.41) is 0.698. The maximum Gasteiger partial charge on any atom is 0.226 e. The van der Waals surface area contributed by atoms with Crippen molar-refractivity contribution in [1.29, 1.82) is 0 Å². The van der Waals surface area contributed by atoms with E-state index in [-0.39, 0.29) is 12.0 Å². The molecule has 0 spiro atoms. The van der Waals surface area contributed by atoms with Gasteiger partial charge in [0.05, 0.1) is 12.5 Å². The Morgan fingerprint density at radius 2 is 1.76 bits per heavy atom. The first-order valence-electron chi connectivity index (χ1n) is 8.77. The van der Waals surface area contributed by atoms with Crippen LogP contribution >= 0.6 is 11.6 Å². The van der Waals surface area contributed by atoms with E-state index in [0.29, 0.717) is 17.4 Å². The van der Waals surface area contributed by atoms with E-state index in [0.717, 1.165) is 31.5 Å². The van der Waals surface area contributed by atoms with Crippen LogP contribution in [0, 0.1) is 5.92 Å². The largest absolute Gasteiger partial charge is 0.376 e. The molecule has 2 aromatic rings. The summed E-state index contributed by atoms with van der Waals surface area (Å²) in [6.45, 7) is 1.59. The van der Waals surface area contributed by atoms with E-state index in [1.807, 2.05) is 47.4 Å². The predicted molar refractivity (Wildman–Crippen MR) is 101 cm³/mol. The van der Waals surface area contributed by atoms with Gasteiger partial charge in [-0.2, -0.15) is 0 Å². The molecule has 1 aliphatic heterocycles. The Balaban J connectivity index is 1.55. The van der Waals surface area contributed by atoms with Gasteiger partial charge in [-0.15, -0.1) is 0 Å². The van der Waals surface area contributed by atoms with Crippen molar-refractivity contribution >= 4 is 17.5 Å². The van der Waals surface area contributed by atoms with Crippen LogP contribution in [0.2, 0.25) is 5.02 Å². The first-order valence-corrected chi connectivity index (χ1v) is 9.15. The topological polar surface area (TPSA) is 29.5 Å². The van der Waals surface area contributed by atoms with Gasteiger partial charge in [-0.3, -0.25) is 4.79 Å². The third kappa shape index (κ3) is 4.62. The number of methoxy groups -OCH3 is 1. The van der Waals surface area contributed by atoms with E-state index in [9.17, 15) is 4.79 Å². The molecule has 1 atom stereocenters. The molecule has 3 rings (SSSR count). The van der Waals surface area contributed by atoms with Crippen LogP contribution in [0.3, 0.4) is 0 Å². The van der Waals surface area contributed by atoms with Crippen LogP contribution in [-0.4, -0.2) is 31.0 Å². The molecule has 0 radical (unpaired) electrons. The minimum atomic E-state index is 0.106. The zero-order valence-corrected chi connectivity index (χ0v) is 15.3. The zero-order valence-electron chi connectivity index (χ0n) is 14.5. The van der Waals surface area contributed by atoms with Gasteiger partial charge in [0, 0.05) is 25.2 Å². The van der Waals surface area contributed by atoms with Crippen molar-refractivity contribution in [2.24, 2.45) is 5.92 Å². The lowest BCUT2D eigenvalue weighted by Crippen LogP contribution is -2.40. The van der Waals surface area contributed by atoms with Crippen LogP contribution in [-0.2, 0) is 16.0 Å². The fourth-order valence-corrected chi connectivity index (χ4v) is 3.71. The molecule has 132 valence electrons. The Labute approximate surface area is 154 Å². The monoisotopic (exact) mass is 357 g/mol. The number of rotatable bonds is 5. The van der Waals surface area contributed by atoms with E-state index in [2.05, 4.69) is 12.1 Å². The molecule has 0 aromatic heterocycles. The molecule has 4 heteroatoms. The minimum Gasteiger partial charge on any atom is -0.376 e. The van der Waals surface area contributed by atoms with Crippen molar-refractivity contribution < 1.29 is 9.53 Å². The van der Waals surface area contributed by atoms with Crippen molar-refractivity contribution in [3.63, 3.8) is 0 Å². The number of likely N-dealkylation sites (tertiary alicyclic amines) is 1. The lowest BCUT2D eigenvalue weighted by Gasteiger charge is -2.35. The van der Waals surface area contributed by atoms with Crippen molar-refractivity contribution in [3.8, 4) is 0 Å². The number of nitrogens with zero attached hydrogens (tertiary/aromatic N) is 1. The number of ether oxygens (including phenoxy) is 1. The molecule has 1 amide bonds. The van der Waals surface area contributed by atoms with Gasteiger partial charge in [-0.1, -0.05) is 54.1 Å². The molecule has 1 saturated heterocycles. The minimum absolute atomic E-state index is 0.106. The first-order chi connectivity index (χ1) is 12.2. The Morgan fingerprint density at radius 1 is 1.12 bits per heavy atom. The smallest absolute Gasteiger partial charge is 0.226 e. The second-order valence-electron chi connectivity index (χ2n) is 6.59. The predicted octanol–water partition coefficient (Wildman–Crippen LogP) is 4.51. The summed E-state index contributed by atoms with van der Waals surface area (Å²) in [6.07, 6.45) is 2.49. The van der Waals surface area contributed by atoms with Gasteiger partial charge in [-0.05, 0) is 42.0 Å². The Morgan fingerprint density at radius 3 is 2.36 bits per heavy atom. The molecule has 1 unspecified atom stereocenters. The van der Waals surface area contributed by atoms with Crippen molar-refractivity contribution in [3.05, 3.63) is 70.7 Å². The quantitative estimate of drug-likeness (QED) is 0.788. The van der Waals surface area contributed by atoms with Crippen molar-refractivity contribution in [2.45, 2.75) is 25.4 Å². The van der Waals surface area contributed by atoms with E-state index in [1.54, 1.807) is 7.11 Å². The van der Waals surface area contributed by atoms with Crippen molar-refractivity contribution in [1.82, 2.24) is 4.90 Å². The van der Waals surface area contributed by atoms with Crippen LogP contribution in [0.25, 0.3) is 0 Å². The van der Waals surface area contributed by atoms with Crippen LogP contribution in [0.1, 0.15) is 30.1 Å². The average molecular weight is 358 g/mol. The van der Waals surface area contributed by atoms with Gasteiger partial charge in [-0.25, -0.2) is 0 Å². The third-order valence-corrected chi connectivity index (χ3v) is 5.22. The highest BCUT2D eigenvalue weighted by atomic mass is 35.5. The second-order valence-corrected chi connectivity index (χ2v) is 7.02. The fraction of sp³-hybridized carbons (Fsp3) is 0.381. The first kappa shape index (κ1) is 18.0. The molecule has 3 nitrogen and oxygen atoms in total. The highest BCUT2D eigenvalue weighted by Crippen LogP contribution is 2.33. The standard InChI is InChI=1S/C21H24ClNO2/c1-25-21(17-5-3-2-4-6-17)18-11-13-23(14-12-18)20(24)15-16-7-9-19(22)10-8-16/h2-10,18,21H,11-15H2,1H3. The molecular formula is C21H24ClNO2. The molecule has 0 N–H and O–H groups in total. The maximum absolute atomic E-state index is 12.5. The zero-order chi connectivity index (χ0) is 17.6. The summed E-state index contributed by atoms with van der Waals surface area (Å²) < 4.78 is 5.76. The Kier molecular flexibility index (Phi) is 6.11. The summed E-state index contributed by atoms with van der Waals surface area (Å²) in [5.41, 5.74) is 2.23. The Hall–Kier alpha value is -1.84. The highest BCUT2D eigenvalue weighted by Gasteiger charge is 2.29. The van der Waals surface area contributed by atoms with Gasteiger partial charge in [0.15, 0.2) is 0 Å². The van der Waals surface area contributed by atoms with E-state index in [4.69, 9.17) is 16.3 Å². The van der Waals surface area contributed by atoms with Crippen LogP contribution < -0.4 is 0 Å². The highest BCUT2D eigenvalue weighted by molar-refractivity contribution is 6.30. The lowest BCUT2D eigenvalue weighted by atomic mass is 9.87. The number of benzene rings is 2. The molecule has 0 saturated carbocycles. The van der Waals surface area contributed by atoms with Gasteiger partial charge in [0.1, 0.15) is 0 Å². The second kappa shape index (κ2) is 8.50. The number of hydrogen-bond donors (Lipinski definition) is 0. The van der Waals surface area contributed by atoms with Crippen LogP contribution in [0.15, 0.2) is 54.6 Å². The molecule has 1 heterocycles. The van der Waals surface area contributed by atoms with E-state index in [1.165, 1.54) is 5.56 Å². The van der Waals surface area contributed by atoms with Gasteiger partial charge in [0.2, 0.25) is 5.91 Å². The number of carbonyl (C=O) groups is 1. The maximum atomic E-state index is 12.5. The summed E-state index contributed by atoms with van der Waals surface area (Å²) in [7, 11) is 1.77. The van der Waals surface area contributed by atoms with Crippen molar-refractivity contribution in [2.75, 3.05) is 20.2 Å².